The van der Waals surface area contributed by atoms with Gasteiger partial charge in [-0.1, -0.05) is 60.7 Å². The Kier molecular flexibility index (Phi) is 12.5. The zero-order chi connectivity index (χ0) is 26.6. The van der Waals surface area contributed by atoms with Gasteiger partial charge in [0.25, 0.3) is 0 Å². The van der Waals surface area contributed by atoms with Gasteiger partial charge in [0.15, 0.2) is 0 Å². The van der Waals surface area contributed by atoms with Gasteiger partial charge in [-0.2, -0.15) is 0 Å². The third-order valence-electron chi connectivity index (χ3n) is 6.44. The third kappa shape index (κ3) is 12.8. The Labute approximate surface area is 221 Å². The average Bonchev–Trinajstić information content (AvgIpc) is 2.83. The summed E-state index contributed by atoms with van der Waals surface area (Å²) in [6.45, 7) is 7.92. The highest BCUT2D eigenvalue weighted by Crippen LogP contribution is 2.54. The Balaban J connectivity index is 1.68. The number of benzene rings is 2. The Morgan fingerprint density at radius 2 is 1.16 bits per heavy atom. The molecule has 9 nitrogen and oxygen atoms in total. The lowest BCUT2D eigenvalue weighted by Crippen LogP contribution is -2.40. The zero-order valence-corrected chi connectivity index (χ0v) is 23.4. The maximum absolute atomic E-state index is 12.7. The van der Waals surface area contributed by atoms with E-state index in [1.165, 1.54) is 11.1 Å². The van der Waals surface area contributed by atoms with E-state index in [1.54, 1.807) is 0 Å². The number of nitrogens with zero attached hydrogens (tertiary/aromatic N) is 3. The van der Waals surface area contributed by atoms with Crippen LogP contribution in [0.15, 0.2) is 60.7 Å². The van der Waals surface area contributed by atoms with Gasteiger partial charge in [0, 0.05) is 39.3 Å². The second-order valence-electron chi connectivity index (χ2n) is 9.89. The molecule has 1 atom stereocenters. The molecular formula is C26H42N4O5P2. The fourth-order valence-electron chi connectivity index (χ4n) is 4.71. The maximum Gasteiger partial charge on any atom is 0.335 e. The molecule has 3 rings (SSSR count). The van der Waals surface area contributed by atoms with E-state index in [2.05, 4.69) is 39.4 Å². The molecule has 2 aromatic carbocycles. The van der Waals surface area contributed by atoms with E-state index in [4.69, 9.17) is 0 Å². The highest BCUT2D eigenvalue weighted by Gasteiger charge is 2.31. The summed E-state index contributed by atoms with van der Waals surface area (Å²) in [7, 11) is -8.60. The summed E-state index contributed by atoms with van der Waals surface area (Å²) in [5, 5.41) is 3.58. The molecule has 0 aliphatic carbocycles. The van der Waals surface area contributed by atoms with E-state index < -0.39 is 20.9 Å². The fourth-order valence-corrected chi connectivity index (χ4v) is 8.28. The molecule has 37 heavy (non-hydrogen) atoms. The Bertz CT molecular complexity index is 1010. The van der Waals surface area contributed by atoms with Gasteiger partial charge in [-0.05, 0) is 50.1 Å². The zero-order valence-electron chi connectivity index (χ0n) is 21.6. The predicted molar refractivity (Wildman–Crippen MR) is 149 cm³/mol. The van der Waals surface area contributed by atoms with E-state index in [9.17, 15) is 23.8 Å². The summed E-state index contributed by atoms with van der Waals surface area (Å²) in [4.78, 5) is 35.7. The molecule has 206 valence electrons. The molecule has 0 spiro atoms. The summed E-state index contributed by atoms with van der Waals surface area (Å²) in [6.07, 6.45) is 1.57. The minimum Gasteiger partial charge on any atom is -0.343 e. The van der Waals surface area contributed by atoms with Crippen LogP contribution in [0.5, 0.6) is 0 Å². The molecule has 1 aliphatic heterocycles. The van der Waals surface area contributed by atoms with E-state index in [1.807, 2.05) is 41.3 Å². The van der Waals surface area contributed by atoms with Crippen LogP contribution in [0, 0.1) is 0 Å². The molecule has 0 aromatic heterocycles. The first-order valence-electron chi connectivity index (χ1n) is 13.0. The summed E-state index contributed by atoms with van der Waals surface area (Å²) in [6, 6.07) is 20.6. The highest BCUT2D eigenvalue weighted by atomic mass is 31.2. The van der Waals surface area contributed by atoms with Crippen LogP contribution in [0.3, 0.4) is 0 Å². The number of hydrogen-bond acceptors (Lipinski definition) is 6. The molecule has 0 bridgehead atoms. The van der Waals surface area contributed by atoms with Gasteiger partial charge < -0.3 is 20.0 Å². The average molecular weight is 553 g/mol. The summed E-state index contributed by atoms with van der Waals surface area (Å²) in [5.41, 5.74) is 2.47. The SMILES string of the molecule is O=P(O)(O)CP(=O)(O)CN1CCCN(Cc2ccccc2)CCNCCCN(Cc2ccccc2)CC1. The van der Waals surface area contributed by atoms with Gasteiger partial charge in [-0.3, -0.25) is 23.8 Å². The lowest BCUT2D eigenvalue weighted by molar-refractivity contribution is 0.190. The van der Waals surface area contributed by atoms with Crippen molar-refractivity contribution in [3.05, 3.63) is 71.8 Å². The normalized spacial score (nSPS) is 20.2. The largest absolute Gasteiger partial charge is 0.343 e. The smallest absolute Gasteiger partial charge is 0.335 e. The third-order valence-corrected chi connectivity index (χ3v) is 10.5. The molecule has 1 unspecified atom stereocenters. The lowest BCUT2D eigenvalue weighted by atomic mass is 10.2. The second-order valence-corrected chi connectivity index (χ2v) is 14.3. The quantitative estimate of drug-likeness (QED) is 0.367. The van der Waals surface area contributed by atoms with E-state index >= 15 is 0 Å². The van der Waals surface area contributed by atoms with Gasteiger partial charge >= 0.3 is 7.60 Å². The van der Waals surface area contributed by atoms with Crippen LogP contribution in [0.25, 0.3) is 0 Å². The standard InChI is InChI=1S/C26H42N4O5P2/c31-36(32,24-37(33,34)35)23-30-17-8-16-28(21-25-9-3-1-4-10-25)18-14-27-13-7-15-29(19-20-30)22-26-11-5-2-6-12-26/h1-6,9-12,27H,7-8,13-24H2,(H,31,32)(H2,33,34,35). The Morgan fingerprint density at radius 1 is 0.649 bits per heavy atom. The van der Waals surface area contributed by atoms with Gasteiger partial charge in [-0.15, -0.1) is 0 Å². The van der Waals surface area contributed by atoms with Gasteiger partial charge in [0.1, 0.15) is 5.90 Å². The van der Waals surface area contributed by atoms with Crippen molar-refractivity contribution in [2.75, 3.05) is 64.5 Å². The molecule has 4 N–H and O–H groups in total. The monoisotopic (exact) mass is 552 g/mol. The minimum atomic E-state index is -4.59. The van der Waals surface area contributed by atoms with Crippen LogP contribution in [0.1, 0.15) is 24.0 Å². The molecule has 0 radical (unpaired) electrons. The number of rotatable bonds is 8. The van der Waals surface area contributed by atoms with Crippen LogP contribution in [-0.2, 0) is 22.2 Å². The summed E-state index contributed by atoms with van der Waals surface area (Å²) < 4.78 is 24.2. The molecule has 0 amide bonds. The van der Waals surface area contributed by atoms with Gasteiger partial charge in [0.05, 0.1) is 6.29 Å². The van der Waals surface area contributed by atoms with Crippen LogP contribution in [0.4, 0.5) is 0 Å². The van der Waals surface area contributed by atoms with Crippen molar-refractivity contribution in [3.8, 4) is 0 Å². The number of hydrogen-bond donors (Lipinski definition) is 4. The van der Waals surface area contributed by atoms with Crippen molar-refractivity contribution >= 4 is 15.0 Å². The second kappa shape index (κ2) is 15.3. The Morgan fingerprint density at radius 3 is 1.76 bits per heavy atom. The molecule has 0 saturated carbocycles. The van der Waals surface area contributed by atoms with E-state index in [0.29, 0.717) is 19.6 Å². The van der Waals surface area contributed by atoms with Crippen molar-refractivity contribution in [1.29, 1.82) is 0 Å². The highest BCUT2D eigenvalue weighted by molar-refractivity contribution is 7.72. The maximum atomic E-state index is 12.7. The van der Waals surface area contributed by atoms with E-state index in [0.717, 1.165) is 58.7 Å². The lowest BCUT2D eigenvalue weighted by Gasteiger charge is -2.31. The van der Waals surface area contributed by atoms with Crippen LogP contribution >= 0.6 is 15.0 Å². The van der Waals surface area contributed by atoms with Gasteiger partial charge in [-0.25, -0.2) is 0 Å². The number of nitrogens with one attached hydrogen (secondary N) is 1. The van der Waals surface area contributed by atoms with Crippen LogP contribution in [0.2, 0.25) is 0 Å². The Hall–Kier alpha value is -1.38. The molecule has 1 heterocycles. The van der Waals surface area contributed by atoms with Crippen molar-refractivity contribution in [2.45, 2.75) is 25.9 Å². The van der Waals surface area contributed by atoms with Crippen molar-refractivity contribution in [3.63, 3.8) is 0 Å². The predicted octanol–water partition coefficient (Wildman–Crippen LogP) is 3.04. The molecule has 11 heteroatoms. The van der Waals surface area contributed by atoms with Crippen LogP contribution < -0.4 is 5.32 Å². The molecule has 1 fully saturated rings. The van der Waals surface area contributed by atoms with Crippen molar-refractivity contribution in [1.82, 2.24) is 20.0 Å². The molecular weight excluding hydrogens is 510 g/mol. The van der Waals surface area contributed by atoms with E-state index in [-0.39, 0.29) is 6.29 Å². The first kappa shape index (κ1) is 30.2. The first-order valence-corrected chi connectivity index (χ1v) is 16.8. The van der Waals surface area contributed by atoms with Crippen LogP contribution in [-0.4, -0.2) is 93.9 Å². The first-order chi connectivity index (χ1) is 17.7. The summed E-state index contributed by atoms with van der Waals surface area (Å²) >= 11 is 0. The molecule has 1 saturated heterocycles. The topological polar surface area (TPSA) is 117 Å². The van der Waals surface area contributed by atoms with Crippen molar-refractivity contribution < 1.29 is 23.8 Å². The summed E-state index contributed by atoms with van der Waals surface area (Å²) in [5.74, 6) is -0.976. The van der Waals surface area contributed by atoms with Gasteiger partial charge in [0.2, 0.25) is 7.37 Å². The van der Waals surface area contributed by atoms with Crippen molar-refractivity contribution in [2.24, 2.45) is 0 Å². The minimum absolute atomic E-state index is 0.211. The molecule has 2 aromatic rings. The molecule has 1 aliphatic rings. The fraction of sp³-hybridized carbons (Fsp3) is 0.538.